The van der Waals surface area contributed by atoms with Crippen LogP contribution in [0.3, 0.4) is 0 Å². The summed E-state index contributed by atoms with van der Waals surface area (Å²) in [4.78, 5) is 23.3. The summed E-state index contributed by atoms with van der Waals surface area (Å²) in [6.45, 7) is 8.64. The Morgan fingerprint density at radius 1 is 1.47 bits per heavy atom. The third-order valence-corrected chi connectivity index (χ3v) is 1.74. The minimum atomic E-state index is -0.918. The topological polar surface area (TPSA) is 69.6 Å². The van der Waals surface area contributed by atoms with Gasteiger partial charge in [-0.2, -0.15) is 0 Å². The predicted octanol–water partition coefficient (Wildman–Crippen LogP) is 1.07. The van der Waals surface area contributed by atoms with E-state index in [1.807, 2.05) is 13.8 Å². The Morgan fingerprint density at radius 3 is 2.47 bits per heavy atom. The van der Waals surface area contributed by atoms with Crippen molar-refractivity contribution in [3.8, 4) is 0 Å². The number of carbonyl (C=O) groups excluding carboxylic acids is 1. The quantitative estimate of drug-likeness (QED) is 0.650. The Morgan fingerprint density at radius 2 is 2.07 bits per heavy atom. The molecule has 2 N–H and O–H groups in total. The summed E-state index contributed by atoms with van der Waals surface area (Å²) in [7, 11) is 0. The minimum absolute atomic E-state index is 0.0592. The highest BCUT2D eigenvalue weighted by molar-refractivity contribution is 5.75. The molecule has 0 atom stereocenters. The summed E-state index contributed by atoms with van der Waals surface area (Å²) in [5, 5.41) is 10.9. The first-order valence-corrected chi connectivity index (χ1v) is 4.86. The highest BCUT2D eigenvalue weighted by atomic mass is 16.4. The summed E-state index contributed by atoms with van der Waals surface area (Å²) in [6.07, 6.45) is -0.0592. The lowest BCUT2D eigenvalue weighted by Crippen LogP contribution is -2.41. The van der Waals surface area contributed by atoms with Gasteiger partial charge in [0.2, 0.25) is 0 Å². The SMILES string of the molecule is C=C(C)CN(CC)C(=O)NCCC(=O)O. The van der Waals surface area contributed by atoms with E-state index in [1.165, 1.54) is 0 Å². The predicted molar refractivity (Wildman–Crippen MR) is 57.7 cm³/mol. The molecule has 0 rings (SSSR count). The maximum Gasteiger partial charge on any atom is 0.317 e. The molecule has 0 aliphatic heterocycles. The lowest BCUT2D eigenvalue weighted by molar-refractivity contribution is -0.136. The first kappa shape index (κ1) is 13.5. The van der Waals surface area contributed by atoms with Crippen LogP contribution in [0.15, 0.2) is 12.2 Å². The Hall–Kier alpha value is -1.52. The molecular weight excluding hydrogens is 196 g/mol. The van der Waals surface area contributed by atoms with Crippen LogP contribution in [-0.2, 0) is 4.79 Å². The molecule has 0 aliphatic rings. The molecule has 0 heterocycles. The lowest BCUT2D eigenvalue weighted by Gasteiger charge is -2.21. The third kappa shape index (κ3) is 6.54. The number of nitrogens with one attached hydrogen (secondary N) is 1. The largest absolute Gasteiger partial charge is 0.481 e. The number of carboxylic acid groups (broad SMARTS) is 1. The number of carboxylic acids is 1. The first-order valence-electron chi connectivity index (χ1n) is 4.86. The van der Waals surface area contributed by atoms with Crippen molar-refractivity contribution in [3.05, 3.63) is 12.2 Å². The van der Waals surface area contributed by atoms with Crippen LogP contribution in [0.4, 0.5) is 4.79 Å². The van der Waals surface area contributed by atoms with Gasteiger partial charge in [0.15, 0.2) is 0 Å². The smallest absolute Gasteiger partial charge is 0.317 e. The fraction of sp³-hybridized carbons (Fsp3) is 0.600. The molecule has 0 bridgehead atoms. The van der Waals surface area contributed by atoms with Gasteiger partial charge in [-0.05, 0) is 13.8 Å². The van der Waals surface area contributed by atoms with Gasteiger partial charge in [0.1, 0.15) is 0 Å². The number of aliphatic carboxylic acids is 1. The molecule has 0 aliphatic carbocycles. The Balaban J connectivity index is 3.93. The summed E-state index contributed by atoms with van der Waals surface area (Å²) < 4.78 is 0. The number of rotatable bonds is 6. The molecule has 0 aromatic carbocycles. The van der Waals surface area contributed by atoms with Gasteiger partial charge in [-0.25, -0.2) is 4.79 Å². The second kappa shape index (κ2) is 6.86. The monoisotopic (exact) mass is 214 g/mol. The van der Waals surface area contributed by atoms with Crippen molar-refractivity contribution < 1.29 is 14.7 Å². The maximum atomic E-state index is 11.5. The van der Waals surface area contributed by atoms with Crippen LogP contribution in [0, 0.1) is 0 Å². The molecule has 0 saturated heterocycles. The van der Waals surface area contributed by atoms with E-state index in [0.717, 1.165) is 5.57 Å². The van der Waals surface area contributed by atoms with E-state index in [4.69, 9.17) is 5.11 Å². The summed E-state index contributed by atoms with van der Waals surface area (Å²) in [5.41, 5.74) is 0.894. The molecule has 0 saturated carbocycles. The molecule has 0 spiro atoms. The number of nitrogens with zero attached hydrogens (tertiary/aromatic N) is 1. The van der Waals surface area contributed by atoms with E-state index in [9.17, 15) is 9.59 Å². The van der Waals surface area contributed by atoms with Crippen LogP contribution in [0.5, 0.6) is 0 Å². The van der Waals surface area contributed by atoms with Crippen molar-refractivity contribution in [3.63, 3.8) is 0 Å². The second-order valence-corrected chi connectivity index (χ2v) is 3.35. The Bertz CT molecular complexity index is 251. The number of hydrogen-bond acceptors (Lipinski definition) is 2. The highest BCUT2D eigenvalue weighted by Gasteiger charge is 2.10. The summed E-state index contributed by atoms with van der Waals surface area (Å²) in [5.74, 6) is -0.918. The molecule has 0 aromatic heterocycles. The van der Waals surface area contributed by atoms with Crippen molar-refractivity contribution in [2.75, 3.05) is 19.6 Å². The van der Waals surface area contributed by atoms with E-state index >= 15 is 0 Å². The van der Waals surface area contributed by atoms with Crippen LogP contribution < -0.4 is 5.32 Å². The maximum absolute atomic E-state index is 11.5. The van der Waals surface area contributed by atoms with Crippen molar-refractivity contribution >= 4 is 12.0 Å². The molecule has 0 aromatic rings. The van der Waals surface area contributed by atoms with E-state index in [1.54, 1.807) is 4.90 Å². The Labute approximate surface area is 89.8 Å². The number of urea groups is 1. The van der Waals surface area contributed by atoms with Gasteiger partial charge < -0.3 is 15.3 Å². The van der Waals surface area contributed by atoms with E-state index in [0.29, 0.717) is 13.1 Å². The molecule has 5 nitrogen and oxygen atoms in total. The highest BCUT2D eigenvalue weighted by Crippen LogP contribution is 1.96. The van der Waals surface area contributed by atoms with E-state index in [2.05, 4.69) is 11.9 Å². The zero-order valence-electron chi connectivity index (χ0n) is 9.25. The fourth-order valence-corrected chi connectivity index (χ4v) is 1.04. The molecule has 86 valence electrons. The molecule has 0 fully saturated rings. The zero-order chi connectivity index (χ0) is 11.8. The minimum Gasteiger partial charge on any atom is -0.481 e. The van der Waals surface area contributed by atoms with E-state index < -0.39 is 5.97 Å². The number of amides is 2. The number of likely N-dealkylation sites (N-methyl/N-ethyl adjacent to an activating group) is 1. The summed E-state index contributed by atoms with van der Waals surface area (Å²) >= 11 is 0. The molecule has 15 heavy (non-hydrogen) atoms. The second-order valence-electron chi connectivity index (χ2n) is 3.35. The van der Waals surface area contributed by atoms with Gasteiger partial charge in [-0.1, -0.05) is 12.2 Å². The van der Waals surface area contributed by atoms with Crippen molar-refractivity contribution in [2.24, 2.45) is 0 Å². The average Bonchev–Trinajstić information content (AvgIpc) is 2.13. The van der Waals surface area contributed by atoms with Gasteiger partial charge >= 0.3 is 12.0 Å². The van der Waals surface area contributed by atoms with Crippen LogP contribution >= 0.6 is 0 Å². The zero-order valence-corrected chi connectivity index (χ0v) is 9.25. The summed E-state index contributed by atoms with van der Waals surface area (Å²) in [6, 6.07) is -0.248. The fourth-order valence-electron chi connectivity index (χ4n) is 1.04. The molecule has 0 radical (unpaired) electrons. The standard InChI is InChI=1S/C10H18N2O3/c1-4-12(7-8(2)3)10(15)11-6-5-9(13)14/h2,4-7H2,1,3H3,(H,11,15)(H,13,14). The lowest BCUT2D eigenvalue weighted by atomic mass is 10.3. The van der Waals surface area contributed by atoms with Crippen LogP contribution in [0.1, 0.15) is 20.3 Å². The normalized spacial score (nSPS) is 9.47. The first-order chi connectivity index (χ1) is 6.97. The van der Waals surface area contributed by atoms with Crippen LogP contribution in [0.2, 0.25) is 0 Å². The van der Waals surface area contributed by atoms with Crippen molar-refractivity contribution in [2.45, 2.75) is 20.3 Å². The number of carbonyl (C=O) groups is 2. The van der Waals surface area contributed by atoms with Gasteiger partial charge in [0.25, 0.3) is 0 Å². The number of hydrogen-bond donors (Lipinski definition) is 2. The van der Waals surface area contributed by atoms with Gasteiger partial charge in [0.05, 0.1) is 6.42 Å². The van der Waals surface area contributed by atoms with Crippen LogP contribution in [0.25, 0.3) is 0 Å². The van der Waals surface area contributed by atoms with Crippen molar-refractivity contribution in [1.82, 2.24) is 10.2 Å². The Kier molecular flexibility index (Phi) is 6.17. The van der Waals surface area contributed by atoms with Crippen LogP contribution in [-0.4, -0.2) is 41.6 Å². The van der Waals surface area contributed by atoms with Crippen molar-refractivity contribution in [1.29, 1.82) is 0 Å². The van der Waals surface area contributed by atoms with Gasteiger partial charge in [-0.15, -0.1) is 0 Å². The molecular formula is C10H18N2O3. The van der Waals surface area contributed by atoms with Gasteiger partial charge in [-0.3, -0.25) is 4.79 Å². The van der Waals surface area contributed by atoms with Gasteiger partial charge in [0, 0.05) is 19.6 Å². The molecule has 0 unspecified atom stereocenters. The third-order valence-electron chi connectivity index (χ3n) is 1.74. The molecule has 2 amide bonds. The average molecular weight is 214 g/mol. The van der Waals surface area contributed by atoms with E-state index in [-0.39, 0.29) is 19.0 Å². The molecule has 5 heteroatoms.